The third-order valence-electron chi connectivity index (χ3n) is 7.01. The van der Waals surface area contributed by atoms with Gasteiger partial charge in [-0.15, -0.1) is 0 Å². The molecule has 0 radical (unpaired) electrons. The zero-order valence-electron chi connectivity index (χ0n) is 16.0. The van der Waals surface area contributed by atoms with Gasteiger partial charge >= 0.3 is 6.03 Å². The Morgan fingerprint density at radius 1 is 1.08 bits per heavy atom. The van der Waals surface area contributed by atoms with E-state index in [1.807, 2.05) is 6.07 Å². The Balaban J connectivity index is 1.44. The molecule has 0 unspecified atom stereocenters. The smallest absolute Gasteiger partial charge is 0.319 e. The highest BCUT2D eigenvalue weighted by molar-refractivity contribution is 5.91. The number of hydrogen-bond acceptors (Lipinski definition) is 3. The fourth-order valence-electron chi connectivity index (χ4n) is 6.13. The van der Waals surface area contributed by atoms with E-state index in [0.717, 1.165) is 17.8 Å². The predicted molar refractivity (Wildman–Crippen MR) is 102 cm³/mol. The Kier molecular flexibility index (Phi) is 4.49. The summed E-state index contributed by atoms with van der Waals surface area (Å²) in [5.41, 5.74) is 0.923. The monoisotopic (exact) mass is 358 g/mol. The van der Waals surface area contributed by atoms with Crippen LogP contribution in [0, 0.1) is 23.2 Å². The molecule has 4 bridgehead atoms. The lowest BCUT2D eigenvalue weighted by Crippen LogP contribution is -2.56. The third-order valence-corrected chi connectivity index (χ3v) is 7.01. The number of carbonyl (C=O) groups excluding carboxylic acids is 1. The Labute approximate surface area is 155 Å². The van der Waals surface area contributed by atoms with Crippen LogP contribution in [-0.4, -0.2) is 26.3 Å². The van der Waals surface area contributed by atoms with Gasteiger partial charge < -0.3 is 20.1 Å². The maximum atomic E-state index is 12.7. The molecule has 142 valence electrons. The minimum atomic E-state index is -0.167. The van der Waals surface area contributed by atoms with E-state index >= 15 is 0 Å². The lowest BCUT2D eigenvalue weighted by molar-refractivity contribution is -0.0679. The predicted octanol–water partition coefficient (Wildman–Crippen LogP) is 4.43. The van der Waals surface area contributed by atoms with Crippen molar-refractivity contribution in [3.63, 3.8) is 0 Å². The van der Waals surface area contributed by atoms with Crippen LogP contribution in [0.2, 0.25) is 0 Å². The van der Waals surface area contributed by atoms with Crippen molar-refractivity contribution >= 4 is 11.7 Å². The molecule has 5 nitrogen and oxygen atoms in total. The van der Waals surface area contributed by atoms with E-state index in [1.165, 1.54) is 38.5 Å². The third kappa shape index (κ3) is 3.12. The van der Waals surface area contributed by atoms with Gasteiger partial charge in [0, 0.05) is 12.1 Å². The number of rotatable bonds is 5. The second-order valence-electron chi connectivity index (χ2n) is 8.67. The number of amides is 2. The fourth-order valence-corrected chi connectivity index (χ4v) is 6.13. The Hall–Kier alpha value is -1.91. The molecule has 0 saturated heterocycles. The van der Waals surface area contributed by atoms with Crippen molar-refractivity contribution in [2.24, 2.45) is 23.2 Å². The molecule has 0 aromatic heterocycles. The molecule has 0 heterocycles. The van der Waals surface area contributed by atoms with Gasteiger partial charge in [0.2, 0.25) is 0 Å². The summed E-state index contributed by atoms with van der Waals surface area (Å²) in [5.74, 6) is 3.96. The number of ether oxygens (including phenoxy) is 2. The molecule has 2 amide bonds. The van der Waals surface area contributed by atoms with Crippen molar-refractivity contribution in [2.75, 3.05) is 19.5 Å². The summed E-state index contributed by atoms with van der Waals surface area (Å²) in [6.07, 6.45) is 8.09. The number of benzene rings is 1. The van der Waals surface area contributed by atoms with Gasteiger partial charge in [0.1, 0.15) is 11.5 Å². The van der Waals surface area contributed by atoms with E-state index in [2.05, 4.69) is 17.6 Å². The standard InChI is InChI=1S/C21H30N2O3/c1-13(21-10-14-6-15(11-21)8-16(7-14)12-21)22-20(24)23-18-9-17(25-2)4-5-19(18)26-3/h4-5,9,13-16H,6-8,10-12H2,1-3H3,(H2,22,23,24)/t13-,14?,15?,16?,21?/m0/s1. The normalized spacial score (nSPS) is 32.8. The Morgan fingerprint density at radius 3 is 2.23 bits per heavy atom. The first-order valence-corrected chi connectivity index (χ1v) is 9.81. The van der Waals surface area contributed by atoms with Crippen LogP contribution in [0.3, 0.4) is 0 Å². The van der Waals surface area contributed by atoms with E-state index in [9.17, 15) is 4.79 Å². The first-order valence-electron chi connectivity index (χ1n) is 9.81. The van der Waals surface area contributed by atoms with Gasteiger partial charge in [-0.25, -0.2) is 4.79 Å². The number of methoxy groups -OCH3 is 2. The summed E-state index contributed by atoms with van der Waals surface area (Å²) in [6, 6.07) is 5.43. The van der Waals surface area contributed by atoms with Crippen molar-refractivity contribution in [2.45, 2.75) is 51.5 Å². The van der Waals surface area contributed by atoms with Gasteiger partial charge in [0.05, 0.1) is 19.9 Å². The van der Waals surface area contributed by atoms with Crippen LogP contribution < -0.4 is 20.1 Å². The van der Waals surface area contributed by atoms with Crippen molar-refractivity contribution in [1.82, 2.24) is 5.32 Å². The number of nitrogens with one attached hydrogen (secondary N) is 2. The number of anilines is 1. The molecule has 2 N–H and O–H groups in total. The van der Waals surface area contributed by atoms with Gasteiger partial charge in [-0.05, 0) is 80.8 Å². The average molecular weight is 358 g/mol. The molecule has 1 aromatic rings. The van der Waals surface area contributed by atoms with Crippen LogP contribution in [0.5, 0.6) is 11.5 Å². The maximum Gasteiger partial charge on any atom is 0.319 e. The van der Waals surface area contributed by atoms with Crippen LogP contribution in [-0.2, 0) is 0 Å². The van der Waals surface area contributed by atoms with Crippen molar-refractivity contribution in [1.29, 1.82) is 0 Å². The zero-order chi connectivity index (χ0) is 18.3. The molecular formula is C21H30N2O3. The van der Waals surface area contributed by atoms with E-state index in [1.54, 1.807) is 26.4 Å². The lowest BCUT2D eigenvalue weighted by atomic mass is 9.48. The number of hydrogen-bond donors (Lipinski definition) is 2. The molecule has 1 atom stereocenters. The Morgan fingerprint density at radius 2 is 1.69 bits per heavy atom. The number of carbonyl (C=O) groups is 1. The minimum Gasteiger partial charge on any atom is -0.497 e. The molecule has 4 aliphatic rings. The quantitative estimate of drug-likeness (QED) is 0.818. The lowest BCUT2D eigenvalue weighted by Gasteiger charge is -2.59. The van der Waals surface area contributed by atoms with Crippen molar-refractivity contribution in [3.8, 4) is 11.5 Å². The highest BCUT2D eigenvalue weighted by Gasteiger charge is 2.53. The zero-order valence-corrected chi connectivity index (χ0v) is 16.0. The summed E-state index contributed by atoms with van der Waals surface area (Å²) in [4.78, 5) is 12.7. The second-order valence-corrected chi connectivity index (χ2v) is 8.67. The topological polar surface area (TPSA) is 59.6 Å². The number of urea groups is 1. The molecule has 4 saturated carbocycles. The van der Waals surface area contributed by atoms with Crippen LogP contribution in [0.25, 0.3) is 0 Å². The molecule has 4 fully saturated rings. The molecule has 0 aliphatic heterocycles. The van der Waals surface area contributed by atoms with Crippen LogP contribution in [0.15, 0.2) is 18.2 Å². The maximum absolute atomic E-state index is 12.7. The molecular weight excluding hydrogens is 328 g/mol. The first kappa shape index (κ1) is 17.5. The molecule has 0 spiro atoms. The van der Waals surface area contributed by atoms with E-state index in [0.29, 0.717) is 22.6 Å². The summed E-state index contributed by atoms with van der Waals surface area (Å²) in [7, 11) is 3.21. The average Bonchev–Trinajstić information content (AvgIpc) is 2.60. The largest absolute Gasteiger partial charge is 0.497 e. The van der Waals surface area contributed by atoms with Gasteiger partial charge in [0.25, 0.3) is 0 Å². The summed E-state index contributed by atoms with van der Waals surface area (Å²) in [5, 5.41) is 6.17. The van der Waals surface area contributed by atoms with Crippen molar-refractivity contribution < 1.29 is 14.3 Å². The summed E-state index contributed by atoms with van der Waals surface area (Å²) >= 11 is 0. The van der Waals surface area contributed by atoms with Gasteiger partial charge in [-0.2, -0.15) is 0 Å². The summed E-state index contributed by atoms with van der Waals surface area (Å²) in [6.45, 7) is 2.19. The first-order chi connectivity index (χ1) is 12.5. The van der Waals surface area contributed by atoms with Crippen LogP contribution in [0.4, 0.5) is 10.5 Å². The summed E-state index contributed by atoms with van der Waals surface area (Å²) < 4.78 is 10.6. The van der Waals surface area contributed by atoms with Gasteiger partial charge in [0.15, 0.2) is 0 Å². The molecule has 5 rings (SSSR count). The van der Waals surface area contributed by atoms with Gasteiger partial charge in [-0.3, -0.25) is 0 Å². The van der Waals surface area contributed by atoms with E-state index in [-0.39, 0.29) is 12.1 Å². The van der Waals surface area contributed by atoms with Crippen molar-refractivity contribution in [3.05, 3.63) is 18.2 Å². The second kappa shape index (κ2) is 6.67. The molecule has 5 heteroatoms. The highest BCUT2D eigenvalue weighted by atomic mass is 16.5. The molecule has 1 aromatic carbocycles. The van der Waals surface area contributed by atoms with E-state index < -0.39 is 0 Å². The van der Waals surface area contributed by atoms with Gasteiger partial charge in [-0.1, -0.05) is 0 Å². The fraction of sp³-hybridized carbons (Fsp3) is 0.667. The van der Waals surface area contributed by atoms with Crippen LogP contribution in [0.1, 0.15) is 45.4 Å². The molecule has 4 aliphatic carbocycles. The highest BCUT2D eigenvalue weighted by Crippen LogP contribution is 2.61. The minimum absolute atomic E-state index is 0.167. The SMILES string of the molecule is COc1ccc(OC)c(NC(=O)N[C@@H](C)C23CC4CC(CC(C4)C2)C3)c1. The Bertz CT molecular complexity index is 653. The molecule has 26 heavy (non-hydrogen) atoms. The van der Waals surface area contributed by atoms with Crippen LogP contribution >= 0.6 is 0 Å². The van der Waals surface area contributed by atoms with E-state index in [4.69, 9.17) is 9.47 Å².